The van der Waals surface area contributed by atoms with Crippen molar-refractivity contribution in [1.29, 1.82) is 0 Å². The van der Waals surface area contributed by atoms with E-state index < -0.39 is 12.8 Å². The molecule has 2 heterocycles. The standard InChI is InChI=1S/C23H24F3N3O2/c24-23(25,26)15-31-18-5-3-4-16(12-18)13-28-22(30)29-10-8-17(9-11-29)20-14-27-21-7-2-1-6-19(20)21/h1-7,12,14,17,27H,8-11,13,15H2,(H,28,30). The minimum absolute atomic E-state index is 0.128. The number of halogens is 3. The number of ether oxygens (including phenoxy) is 1. The first-order valence-electron chi connectivity index (χ1n) is 10.3. The number of benzene rings is 2. The van der Waals surface area contributed by atoms with Crippen molar-refractivity contribution in [2.45, 2.75) is 31.5 Å². The van der Waals surface area contributed by atoms with Gasteiger partial charge in [-0.05, 0) is 48.1 Å². The second-order valence-corrected chi connectivity index (χ2v) is 7.76. The predicted octanol–water partition coefficient (Wildman–Crippen LogP) is 5.20. The van der Waals surface area contributed by atoms with E-state index in [2.05, 4.69) is 28.6 Å². The van der Waals surface area contributed by atoms with Gasteiger partial charge in [0.1, 0.15) is 5.75 Å². The van der Waals surface area contributed by atoms with E-state index in [0.29, 0.717) is 24.6 Å². The van der Waals surface area contributed by atoms with Crippen LogP contribution in [-0.4, -0.2) is 41.8 Å². The number of fused-ring (bicyclic) bond motifs is 1. The van der Waals surface area contributed by atoms with Gasteiger partial charge >= 0.3 is 12.2 Å². The molecule has 2 N–H and O–H groups in total. The molecule has 0 saturated carbocycles. The molecular formula is C23H24F3N3O2. The maximum absolute atomic E-state index is 12.5. The van der Waals surface area contributed by atoms with Gasteiger partial charge in [-0.2, -0.15) is 13.2 Å². The van der Waals surface area contributed by atoms with E-state index in [-0.39, 0.29) is 18.3 Å². The third kappa shape index (κ3) is 5.31. The molecule has 5 nitrogen and oxygen atoms in total. The number of carbonyl (C=O) groups is 1. The average Bonchev–Trinajstić information content (AvgIpc) is 3.20. The molecule has 31 heavy (non-hydrogen) atoms. The second-order valence-electron chi connectivity index (χ2n) is 7.76. The maximum Gasteiger partial charge on any atom is 0.422 e. The molecule has 0 bridgehead atoms. The van der Waals surface area contributed by atoms with Crippen LogP contribution in [0.15, 0.2) is 54.7 Å². The highest BCUT2D eigenvalue weighted by molar-refractivity contribution is 5.83. The molecule has 164 valence electrons. The summed E-state index contributed by atoms with van der Waals surface area (Å²) in [5.74, 6) is 0.534. The Morgan fingerprint density at radius 2 is 1.90 bits per heavy atom. The number of piperidine rings is 1. The number of rotatable bonds is 5. The van der Waals surface area contributed by atoms with Gasteiger partial charge in [-0.15, -0.1) is 0 Å². The minimum Gasteiger partial charge on any atom is -0.484 e. The Balaban J connectivity index is 1.28. The van der Waals surface area contributed by atoms with Crippen molar-refractivity contribution in [3.63, 3.8) is 0 Å². The zero-order valence-electron chi connectivity index (χ0n) is 16.9. The largest absolute Gasteiger partial charge is 0.484 e. The Labute approximate surface area is 178 Å². The van der Waals surface area contributed by atoms with Crippen LogP contribution in [0.2, 0.25) is 0 Å². The summed E-state index contributed by atoms with van der Waals surface area (Å²) in [4.78, 5) is 17.6. The highest BCUT2D eigenvalue weighted by atomic mass is 19.4. The summed E-state index contributed by atoms with van der Waals surface area (Å²) >= 11 is 0. The zero-order chi connectivity index (χ0) is 21.8. The van der Waals surface area contributed by atoms with E-state index in [1.165, 1.54) is 23.1 Å². The Kier molecular flexibility index (Phi) is 6.06. The molecule has 0 aliphatic carbocycles. The highest BCUT2D eigenvalue weighted by Gasteiger charge is 2.28. The topological polar surface area (TPSA) is 57.4 Å². The van der Waals surface area contributed by atoms with Crippen molar-refractivity contribution in [1.82, 2.24) is 15.2 Å². The number of para-hydroxylation sites is 1. The Morgan fingerprint density at radius 3 is 2.68 bits per heavy atom. The molecule has 0 radical (unpaired) electrons. The van der Waals surface area contributed by atoms with Crippen molar-refractivity contribution >= 4 is 16.9 Å². The Hall–Kier alpha value is -3.16. The highest BCUT2D eigenvalue weighted by Crippen LogP contribution is 2.33. The minimum atomic E-state index is -4.39. The van der Waals surface area contributed by atoms with Crippen LogP contribution in [0, 0.1) is 0 Å². The lowest BCUT2D eigenvalue weighted by Crippen LogP contribution is -2.43. The van der Waals surface area contributed by atoms with Crippen LogP contribution < -0.4 is 10.1 Å². The fourth-order valence-corrected chi connectivity index (χ4v) is 4.03. The molecule has 3 aromatic rings. The average molecular weight is 431 g/mol. The van der Waals surface area contributed by atoms with Crippen LogP contribution in [0.1, 0.15) is 29.9 Å². The summed E-state index contributed by atoms with van der Waals surface area (Å²) in [6.07, 6.45) is -0.548. The third-order valence-electron chi connectivity index (χ3n) is 5.59. The lowest BCUT2D eigenvalue weighted by atomic mass is 9.89. The van der Waals surface area contributed by atoms with Crippen molar-refractivity contribution in [2.75, 3.05) is 19.7 Å². The second kappa shape index (κ2) is 8.91. The van der Waals surface area contributed by atoms with Crippen LogP contribution >= 0.6 is 0 Å². The first-order valence-corrected chi connectivity index (χ1v) is 10.3. The van der Waals surface area contributed by atoms with E-state index >= 15 is 0 Å². The number of H-pyrrole nitrogens is 1. The SMILES string of the molecule is O=C(NCc1cccc(OCC(F)(F)F)c1)N1CCC(c2c[nH]c3ccccc23)CC1. The van der Waals surface area contributed by atoms with Gasteiger partial charge in [0.05, 0.1) is 0 Å². The van der Waals surface area contributed by atoms with E-state index in [4.69, 9.17) is 4.74 Å². The monoisotopic (exact) mass is 431 g/mol. The van der Waals surface area contributed by atoms with Gasteiger partial charge in [-0.25, -0.2) is 4.79 Å². The molecular weight excluding hydrogens is 407 g/mol. The van der Waals surface area contributed by atoms with Crippen molar-refractivity contribution in [3.8, 4) is 5.75 Å². The van der Waals surface area contributed by atoms with Crippen LogP contribution in [0.3, 0.4) is 0 Å². The summed E-state index contributed by atoms with van der Waals surface area (Å²) in [6.45, 7) is 0.202. The molecule has 1 aliphatic heterocycles. The van der Waals surface area contributed by atoms with Crippen LogP contribution in [0.25, 0.3) is 10.9 Å². The number of hydrogen-bond acceptors (Lipinski definition) is 2. The normalized spacial score (nSPS) is 15.3. The van der Waals surface area contributed by atoms with Crippen molar-refractivity contribution in [2.24, 2.45) is 0 Å². The number of aromatic nitrogens is 1. The van der Waals surface area contributed by atoms with Crippen molar-refractivity contribution in [3.05, 3.63) is 65.9 Å². The Morgan fingerprint density at radius 1 is 1.13 bits per heavy atom. The number of amides is 2. The smallest absolute Gasteiger partial charge is 0.422 e. The van der Waals surface area contributed by atoms with Crippen LogP contribution in [0.4, 0.5) is 18.0 Å². The van der Waals surface area contributed by atoms with Gasteiger partial charge < -0.3 is 19.9 Å². The van der Waals surface area contributed by atoms with E-state index in [0.717, 1.165) is 18.4 Å². The molecule has 1 saturated heterocycles. The van der Waals surface area contributed by atoms with E-state index in [9.17, 15) is 18.0 Å². The summed E-state index contributed by atoms with van der Waals surface area (Å²) in [5, 5.41) is 4.08. The predicted molar refractivity (Wildman–Crippen MR) is 112 cm³/mol. The number of likely N-dealkylation sites (tertiary alicyclic amines) is 1. The fraction of sp³-hybridized carbons (Fsp3) is 0.348. The number of hydrogen-bond donors (Lipinski definition) is 2. The first-order chi connectivity index (χ1) is 14.9. The molecule has 4 rings (SSSR count). The molecule has 0 atom stereocenters. The van der Waals surface area contributed by atoms with Gasteiger partial charge in [0.15, 0.2) is 6.61 Å². The van der Waals surface area contributed by atoms with E-state index in [1.807, 2.05) is 12.1 Å². The van der Waals surface area contributed by atoms with Gasteiger partial charge in [-0.3, -0.25) is 0 Å². The summed E-state index contributed by atoms with van der Waals surface area (Å²) in [7, 11) is 0. The zero-order valence-corrected chi connectivity index (χ0v) is 16.9. The summed E-state index contributed by atoms with van der Waals surface area (Å²) < 4.78 is 41.7. The maximum atomic E-state index is 12.5. The number of carbonyl (C=O) groups excluding carboxylic acids is 1. The van der Waals surface area contributed by atoms with Gasteiger partial charge in [0, 0.05) is 36.7 Å². The lowest BCUT2D eigenvalue weighted by Gasteiger charge is -2.32. The lowest BCUT2D eigenvalue weighted by molar-refractivity contribution is -0.153. The number of nitrogens with one attached hydrogen (secondary N) is 2. The molecule has 2 amide bonds. The number of alkyl halides is 3. The molecule has 0 spiro atoms. The summed E-state index contributed by atoms with van der Waals surface area (Å²) in [6, 6.07) is 14.4. The molecule has 2 aromatic carbocycles. The van der Waals surface area contributed by atoms with Crippen LogP contribution in [0.5, 0.6) is 5.75 Å². The van der Waals surface area contributed by atoms with Gasteiger partial charge in [0.25, 0.3) is 0 Å². The fourth-order valence-electron chi connectivity index (χ4n) is 4.03. The molecule has 8 heteroatoms. The van der Waals surface area contributed by atoms with Gasteiger partial charge in [-0.1, -0.05) is 30.3 Å². The third-order valence-corrected chi connectivity index (χ3v) is 5.59. The van der Waals surface area contributed by atoms with E-state index in [1.54, 1.807) is 17.0 Å². The van der Waals surface area contributed by atoms with Crippen LogP contribution in [-0.2, 0) is 6.54 Å². The Bertz CT molecular complexity index is 1040. The number of aromatic amines is 1. The first kappa shape index (κ1) is 21.1. The molecule has 1 fully saturated rings. The molecule has 0 unspecified atom stereocenters. The molecule has 1 aromatic heterocycles. The van der Waals surface area contributed by atoms with Crippen molar-refractivity contribution < 1.29 is 22.7 Å². The number of nitrogens with zero attached hydrogens (tertiary/aromatic N) is 1. The molecule has 1 aliphatic rings. The van der Waals surface area contributed by atoms with Gasteiger partial charge in [0.2, 0.25) is 0 Å². The number of urea groups is 1. The quantitative estimate of drug-likeness (QED) is 0.584. The summed E-state index contributed by atoms with van der Waals surface area (Å²) in [5.41, 5.74) is 3.10.